The maximum absolute atomic E-state index is 12.9. The second-order valence-corrected chi connectivity index (χ2v) is 9.12. The van der Waals surface area contributed by atoms with Crippen LogP contribution in [0.15, 0.2) is 29.4 Å². The van der Waals surface area contributed by atoms with Crippen LogP contribution in [0.1, 0.15) is 44.2 Å². The number of likely N-dealkylation sites (tertiary alicyclic amines) is 1. The van der Waals surface area contributed by atoms with Crippen LogP contribution in [0.2, 0.25) is 0 Å². The van der Waals surface area contributed by atoms with Crippen LogP contribution in [0.4, 0.5) is 0 Å². The highest BCUT2D eigenvalue weighted by atomic mass is 16.6. The highest BCUT2D eigenvalue weighted by molar-refractivity contribution is 5.93. The number of aliphatic hydroxyl groups is 1. The van der Waals surface area contributed by atoms with E-state index in [2.05, 4.69) is 24.3 Å². The van der Waals surface area contributed by atoms with Crippen LogP contribution in [0.3, 0.4) is 0 Å². The molecule has 7 heteroatoms. The number of hydrogen-bond acceptors (Lipinski definition) is 5. The van der Waals surface area contributed by atoms with E-state index in [-0.39, 0.29) is 24.5 Å². The zero-order valence-electron chi connectivity index (χ0n) is 17.7. The molecule has 7 nitrogen and oxygen atoms in total. The molecule has 1 aromatic rings. The van der Waals surface area contributed by atoms with Crippen molar-refractivity contribution in [1.82, 2.24) is 10.2 Å². The maximum atomic E-state index is 12.9. The Morgan fingerprint density at radius 2 is 1.80 bits per heavy atom. The molecule has 0 spiro atoms. The van der Waals surface area contributed by atoms with Gasteiger partial charge in [0.2, 0.25) is 12.0 Å². The molecule has 30 heavy (non-hydrogen) atoms. The van der Waals surface area contributed by atoms with Gasteiger partial charge in [-0.2, -0.15) is 0 Å². The lowest BCUT2D eigenvalue weighted by Gasteiger charge is -2.39. The number of piperidine rings is 1. The molecule has 2 N–H and O–H groups in total. The molecule has 2 fully saturated rings. The monoisotopic (exact) mass is 413 g/mol. The third-order valence-electron chi connectivity index (χ3n) is 6.68. The molecular weight excluding hydrogens is 382 g/mol. The summed E-state index contributed by atoms with van der Waals surface area (Å²) in [7, 11) is 0. The number of carbonyl (C=O) groups is 2. The van der Waals surface area contributed by atoms with Gasteiger partial charge in [-0.3, -0.25) is 9.59 Å². The maximum Gasteiger partial charge on any atom is 0.266 e. The summed E-state index contributed by atoms with van der Waals surface area (Å²) in [5.41, 5.74) is 2.72. The van der Waals surface area contributed by atoms with Crippen LogP contribution < -0.4 is 5.32 Å². The average Bonchev–Trinajstić information content (AvgIpc) is 3.30. The highest BCUT2D eigenvalue weighted by Crippen LogP contribution is 2.37. The van der Waals surface area contributed by atoms with Crippen molar-refractivity contribution in [2.45, 2.75) is 58.3 Å². The van der Waals surface area contributed by atoms with Gasteiger partial charge in [0.05, 0.1) is 18.7 Å². The minimum Gasteiger partial charge on any atom is -0.392 e. The molecular formula is C23H31N3O4. The topological polar surface area (TPSA) is 91.2 Å². The van der Waals surface area contributed by atoms with E-state index in [4.69, 9.17) is 9.94 Å². The number of amides is 2. The summed E-state index contributed by atoms with van der Waals surface area (Å²) in [4.78, 5) is 32.9. The Labute approximate surface area is 177 Å². The number of oxime groups is 1. The quantitative estimate of drug-likeness (QED) is 0.745. The minimum atomic E-state index is -0.491. The van der Waals surface area contributed by atoms with Gasteiger partial charge in [0.1, 0.15) is 0 Å². The number of fused-ring (bicyclic) bond motifs is 2. The molecule has 2 unspecified atom stereocenters. The van der Waals surface area contributed by atoms with Gasteiger partial charge in [-0.1, -0.05) is 43.3 Å². The van der Waals surface area contributed by atoms with E-state index in [9.17, 15) is 9.59 Å². The first kappa shape index (κ1) is 20.8. The number of carbonyl (C=O) groups excluding carboxylic acids is 2. The molecule has 0 radical (unpaired) electrons. The Kier molecular flexibility index (Phi) is 6.09. The Bertz CT molecular complexity index is 806. The van der Waals surface area contributed by atoms with Crippen LogP contribution in [0, 0.1) is 17.8 Å². The lowest BCUT2D eigenvalue weighted by atomic mass is 9.91. The first-order chi connectivity index (χ1) is 14.4. The zero-order chi connectivity index (χ0) is 21.3. The summed E-state index contributed by atoms with van der Waals surface area (Å²) in [6.07, 6.45) is 2.48. The Balaban J connectivity index is 1.30. The average molecular weight is 414 g/mol. The number of aliphatic hydroxyl groups excluding tert-OH is 1. The zero-order valence-corrected chi connectivity index (χ0v) is 17.7. The van der Waals surface area contributed by atoms with Gasteiger partial charge < -0.3 is 20.2 Å². The van der Waals surface area contributed by atoms with Crippen LogP contribution in [-0.4, -0.2) is 52.8 Å². The Morgan fingerprint density at radius 3 is 2.37 bits per heavy atom. The lowest BCUT2D eigenvalue weighted by molar-refractivity contribution is -0.144. The molecule has 2 heterocycles. The van der Waals surface area contributed by atoms with E-state index < -0.39 is 6.10 Å². The normalized spacial score (nSPS) is 27.7. The molecule has 1 aromatic carbocycles. The second-order valence-electron chi connectivity index (χ2n) is 9.12. The van der Waals surface area contributed by atoms with E-state index in [1.807, 2.05) is 29.2 Å². The summed E-state index contributed by atoms with van der Waals surface area (Å²) < 4.78 is 0. The number of rotatable bonds is 6. The van der Waals surface area contributed by atoms with E-state index in [1.54, 1.807) is 0 Å². The SMILES string of the molecule is CC(C)C1=NOC(C(=O)N2C[C@H]3CC[C@@H](C2)C3NC(=O)Cc2ccc(CO)cc2)C1. The van der Waals surface area contributed by atoms with Gasteiger partial charge in [0, 0.05) is 25.6 Å². The molecule has 4 atom stereocenters. The fourth-order valence-electron chi connectivity index (χ4n) is 4.90. The van der Waals surface area contributed by atoms with Crippen molar-refractivity contribution in [1.29, 1.82) is 0 Å². The molecule has 162 valence electrons. The molecule has 1 aliphatic carbocycles. The van der Waals surface area contributed by atoms with E-state index in [1.165, 1.54) is 0 Å². The number of nitrogens with one attached hydrogen (secondary N) is 1. The fourth-order valence-corrected chi connectivity index (χ4v) is 4.90. The highest BCUT2D eigenvalue weighted by Gasteiger charge is 2.45. The Morgan fingerprint density at radius 1 is 1.17 bits per heavy atom. The molecule has 3 aliphatic rings. The van der Waals surface area contributed by atoms with Gasteiger partial charge in [0.25, 0.3) is 5.91 Å². The molecule has 2 aliphatic heterocycles. The first-order valence-corrected chi connectivity index (χ1v) is 10.9. The number of hydrogen-bond donors (Lipinski definition) is 2. The van der Waals surface area contributed by atoms with Crippen molar-refractivity contribution >= 4 is 17.5 Å². The summed E-state index contributed by atoms with van der Waals surface area (Å²) in [6.45, 7) is 5.46. The van der Waals surface area contributed by atoms with E-state index in [0.717, 1.165) is 29.7 Å². The van der Waals surface area contributed by atoms with Crippen LogP contribution in [0.5, 0.6) is 0 Å². The van der Waals surface area contributed by atoms with Crippen LogP contribution in [-0.2, 0) is 27.5 Å². The van der Waals surface area contributed by atoms with Crippen molar-refractivity contribution in [3.63, 3.8) is 0 Å². The van der Waals surface area contributed by atoms with Crippen LogP contribution in [0.25, 0.3) is 0 Å². The molecule has 4 rings (SSSR count). The molecule has 2 bridgehead atoms. The second kappa shape index (κ2) is 8.76. The van der Waals surface area contributed by atoms with Gasteiger partial charge in [0.15, 0.2) is 0 Å². The van der Waals surface area contributed by atoms with Gasteiger partial charge in [-0.15, -0.1) is 0 Å². The molecule has 2 amide bonds. The minimum absolute atomic E-state index is 0.00390. The third kappa shape index (κ3) is 4.36. The van der Waals surface area contributed by atoms with Gasteiger partial charge in [-0.05, 0) is 41.7 Å². The number of nitrogens with zero attached hydrogens (tertiary/aromatic N) is 2. The van der Waals surface area contributed by atoms with E-state index >= 15 is 0 Å². The van der Waals surface area contributed by atoms with Crippen molar-refractivity contribution in [3.8, 4) is 0 Å². The molecule has 0 aromatic heterocycles. The molecule has 1 saturated heterocycles. The van der Waals surface area contributed by atoms with Crippen molar-refractivity contribution < 1.29 is 19.5 Å². The summed E-state index contributed by atoms with van der Waals surface area (Å²) in [5, 5.41) is 16.5. The smallest absolute Gasteiger partial charge is 0.266 e. The first-order valence-electron chi connectivity index (χ1n) is 10.9. The third-order valence-corrected chi connectivity index (χ3v) is 6.68. The van der Waals surface area contributed by atoms with Crippen molar-refractivity contribution in [2.75, 3.05) is 13.1 Å². The summed E-state index contributed by atoms with van der Waals surface area (Å²) in [5.74, 6) is 0.919. The summed E-state index contributed by atoms with van der Waals surface area (Å²) >= 11 is 0. The van der Waals surface area contributed by atoms with Crippen molar-refractivity contribution in [2.24, 2.45) is 22.9 Å². The summed E-state index contributed by atoms with van der Waals surface area (Å²) in [6, 6.07) is 7.59. The molecule has 1 saturated carbocycles. The lowest BCUT2D eigenvalue weighted by Crippen LogP contribution is -2.55. The van der Waals surface area contributed by atoms with E-state index in [0.29, 0.717) is 43.7 Å². The standard InChI is InChI=1S/C23H31N3O4/c1-14(2)19-10-20(30-25-19)23(29)26-11-17-7-8-18(12-26)22(17)24-21(28)9-15-3-5-16(13-27)6-4-15/h3-6,14,17-18,20,22,27H,7-13H2,1-2H3,(H,24,28)/t17-,18+,20?,22?. The van der Waals surface area contributed by atoms with Crippen LogP contribution >= 0.6 is 0 Å². The van der Waals surface area contributed by atoms with Gasteiger partial charge >= 0.3 is 0 Å². The largest absolute Gasteiger partial charge is 0.392 e. The number of benzene rings is 1. The Hall–Kier alpha value is -2.41. The predicted molar refractivity (Wildman–Crippen MR) is 113 cm³/mol. The van der Waals surface area contributed by atoms with Gasteiger partial charge in [-0.25, -0.2) is 0 Å². The van der Waals surface area contributed by atoms with Crippen molar-refractivity contribution in [3.05, 3.63) is 35.4 Å². The fraction of sp³-hybridized carbons (Fsp3) is 0.609. The predicted octanol–water partition coefficient (Wildman–Crippen LogP) is 1.88.